The third kappa shape index (κ3) is 2.42. The van der Waals surface area contributed by atoms with E-state index in [1.807, 2.05) is 25.2 Å². The Hall–Kier alpha value is -0.510. The Morgan fingerprint density at radius 2 is 2.31 bits per heavy atom. The smallest absolute Gasteiger partial charge is 0.114 e. The topological polar surface area (TPSA) is 21.3 Å². The number of nitrogens with one attached hydrogen (secondary N) is 1. The summed E-state index contributed by atoms with van der Waals surface area (Å²) < 4.78 is 6.56. The van der Waals surface area contributed by atoms with Crippen molar-refractivity contribution in [3.8, 4) is 0 Å². The van der Waals surface area contributed by atoms with Crippen LogP contribution in [0, 0.1) is 0 Å². The number of benzene rings is 1. The number of hydrogen-bond acceptors (Lipinski definition) is 2. The second-order valence-electron chi connectivity index (χ2n) is 3.63. The van der Waals surface area contributed by atoms with Gasteiger partial charge in [0.05, 0.1) is 12.6 Å². The summed E-state index contributed by atoms with van der Waals surface area (Å²) in [5, 5.41) is 3.97. The maximum absolute atomic E-state index is 6.23. The van der Waals surface area contributed by atoms with Crippen molar-refractivity contribution in [3.63, 3.8) is 0 Å². The molecule has 2 nitrogen and oxygen atoms in total. The van der Waals surface area contributed by atoms with Gasteiger partial charge in [0.15, 0.2) is 0 Å². The van der Waals surface area contributed by atoms with Crippen molar-refractivity contribution in [2.45, 2.75) is 12.5 Å². The Morgan fingerprint density at radius 3 is 2.88 bits per heavy atom. The lowest BCUT2D eigenvalue weighted by molar-refractivity contribution is 0.218. The maximum Gasteiger partial charge on any atom is 0.114 e. The minimum absolute atomic E-state index is 0.0445. The number of ether oxygens (including phenoxy) is 1. The molecule has 0 bridgehead atoms. The molecular weight excluding hydrogens is 289 g/mol. The van der Waals surface area contributed by atoms with E-state index < -0.39 is 0 Å². The molecule has 1 N–H and O–H groups in total. The lowest BCUT2D eigenvalue weighted by Gasteiger charge is -2.19. The summed E-state index contributed by atoms with van der Waals surface area (Å²) in [5.74, 6) is 0.965. The first-order valence-electron chi connectivity index (χ1n) is 5.17. The van der Waals surface area contributed by atoms with Crippen molar-refractivity contribution in [2.24, 2.45) is 0 Å². The lowest BCUT2D eigenvalue weighted by Crippen LogP contribution is -2.19. The molecule has 1 aromatic rings. The Balaban J connectivity index is 2.32. The molecule has 0 aliphatic carbocycles. The van der Waals surface area contributed by atoms with E-state index in [4.69, 9.17) is 16.3 Å². The second-order valence-corrected chi connectivity index (χ2v) is 4.95. The average Bonchev–Trinajstić information content (AvgIpc) is 2.75. The molecule has 1 aliphatic rings. The average molecular weight is 303 g/mol. The van der Waals surface area contributed by atoms with Crippen LogP contribution in [0.5, 0.6) is 0 Å². The fourth-order valence-electron chi connectivity index (χ4n) is 1.82. The monoisotopic (exact) mass is 301 g/mol. The van der Waals surface area contributed by atoms with Gasteiger partial charge >= 0.3 is 0 Å². The molecule has 4 heteroatoms. The zero-order valence-corrected chi connectivity index (χ0v) is 11.3. The van der Waals surface area contributed by atoms with Crippen LogP contribution >= 0.6 is 27.5 Å². The fourth-order valence-corrected chi connectivity index (χ4v) is 2.61. The highest BCUT2D eigenvalue weighted by Gasteiger charge is 2.21. The SMILES string of the molecule is CNC(C1=CCCO1)c1ccc(Br)cc1Cl. The molecule has 1 unspecified atom stereocenters. The largest absolute Gasteiger partial charge is 0.496 e. The summed E-state index contributed by atoms with van der Waals surface area (Å²) in [6, 6.07) is 5.94. The molecule has 0 fully saturated rings. The molecule has 16 heavy (non-hydrogen) atoms. The summed E-state index contributed by atoms with van der Waals surface area (Å²) >= 11 is 9.63. The minimum Gasteiger partial charge on any atom is -0.496 e. The van der Waals surface area contributed by atoms with Crippen molar-refractivity contribution in [2.75, 3.05) is 13.7 Å². The van der Waals surface area contributed by atoms with Gasteiger partial charge in [0.2, 0.25) is 0 Å². The normalized spacial score (nSPS) is 16.8. The first-order valence-corrected chi connectivity index (χ1v) is 6.34. The highest BCUT2D eigenvalue weighted by molar-refractivity contribution is 9.10. The molecule has 0 radical (unpaired) electrons. The summed E-state index contributed by atoms with van der Waals surface area (Å²) in [4.78, 5) is 0. The number of hydrogen-bond donors (Lipinski definition) is 1. The van der Waals surface area contributed by atoms with Crippen LogP contribution in [0.15, 0.2) is 34.5 Å². The molecule has 1 atom stereocenters. The van der Waals surface area contributed by atoms with Gasteiger partial charge in [-0.25, -0.2) is 0 Å². The van der Waals surface area contributed by atoms with Crippen LogP contribution in [0.25, 0.3) is 0 Å². The molecule has 0 aromatic heterocycles. The van der Waals surface area contributed by atoms with E-state index in [9.17, 15) is 0 Å². The van der Waals surface area contributed by atoms with E-state index >= 15 is 0 Å². The van der Waals surface area contributed by atoms with E-state index in [0.29, 0.717) is 0 Å². The van der Waals surface area contributed by atoms with Gasteiger partial charge in [0.1, 0.15) is 5.76 Å². The predicted molar refractivity (Wildman–Crippen MR) is 69.6 cm³/mol. The van der Waals surface area contributed by atoms with Crippen LogP contribution in [0.3, 0.4) is 0 Å². The van der Waals surface area contributed by atoms with Crippen molar-refractivity contribution in [1.29, 1.82) is 0 Å². The fraction of sp³-hybridized carbons (Fsp3) is 0.333. The standard InChI is InChI=1S/C12H13BrClNO/c1-15-12(11-3-2-6-16-11)9-5-4-8(13)7-10(9)14/h3-5,7,12,15H,2,6H2,1H3. The van der Waals surface area contributed by atoms with E-state index in [1.165, 1.54) is 0 Å². The Labute approximate surface area is 109 Å². The summed E-state index contributed by atoms with van der Waals surface area (Å²) in [6.45, 7) is 0.766. The van der Waals surface area contributed by atoms with Crippen LogP contribution in [0.2, 0.25) is 5.02 Å². The van der Waals surface area contributed by atoms with Crippen LogP contribution in [0.4, 0.5) is 0 Å². The maximum atomic E-state index is 6.23. The Kier molecular flexibility index (Phi) is 3.90. The Morgan fingerprint density at radius 1 is 1.50 bits per heavy atom. The van der Waals surface area contributed by atoms with E-state index in [1.54, 1.807) is 0 Å². The highest BCUT2D eigenvalue weighted by atomic mass is 79.9. The number of halogens is 2. The first kappa shape index (κ1) is 12.0. The summed E-state index contributed by atoms with van der Waals surface area (Å²) in [6.07, 6.45) is 3.08. The van der Waals surface area contributed by atoms with Gasteiger partial charge in [0, 0.05) is 15.9 Å². The zero-order valence-electron chi connectivity index (χ0n) is 8.97. The highest BCUT2D eigenvalue weighted by Crippen LogP contribution is 2.32. The molecule has 0 spiro atoms. The van der Waals surface area contributed by atoms with Gasteiger partial charge < -0.3 is 10.1 Å². The summed E-state index contributed by atoms with van der Waals surface area (Å²) in [5.41, 5.74) is 1.04. The van der Waals surface area contributed by atoms with Gasteiger partial charge in [-0.1, -0.05) is 33.6 Å². The molecule has 0 saturated heterocycles. The number of likely N-dealkylation sites (N-methyl/N-ethyl adjacent to an activating group) is 1. The van der Waals surface area contributed by atoms with Crippen molar-refractivity contribution < 1.29 is 4.74 Å². The third-order valence-electron chi connectivity index (χ3n) is 2.58. The quantitative estimate of drug-likeness (QED) is 0.920. The van der Waals surface area contributed by atoms with Crippen LogP contribution in [-0.4, -0.2) is 13.7 Å². The van der Waals surface area contributed by atoms with Gasteiger partial charge in [-0.3, -0.25) is 0 Å². The van der Waals surface area contributed by atoms with Crippen LogP contribution in [-0.2, 0) is 4.74 Å². The molecule has 86 valence electrons. The van der Waals surface area contributed by atoms with Crippen molar-refractivity contribution in [1.82, 2.24) is 5.32 Å². The van der Waals surface area contributed by atoms with E-state index in [2.05, 4.69) is 27.3 Å². The molecule has 0 saturated carbocycles. The van der Waals surface area contributed by atoms with Gasteiger partial charge in [-0.2, -0.15) is 0 Å². The van der Waals surface area contributed by atoms with Crippen LogP contribution in [0.1, 0.15) is 18.0 Å². The van der Waals surface area contributed by atoms with Crippen LogP contribution < -0.4 is 5.32 Å². The van der Waals surface area contributed by atoms with Crippen molar-refractivity contribution >= 4 is 27.5 Å². The van der Waals surface area contributed by atoms with Gasteiger partial charge in [-0.15, -0.1) is 0 Å². The van der Waals surface area contributed by atoms with E-state index in [0.717, 1.165) is 33.8 Å². The third-order valence-corrected chi connectivity index (χ3v) is 3.40. The Bertz CT molecular complexity index is 419. The van der Waals surface area contributed by atoms with Crippen molar-refractivity contribution in [3.05, 3.63) is 45.1 Å². The lowest BCUT2D eigenvalue weighted by atomic mass is 10.1. The summed E-state index contributed by atoms with van der Waals surface area (Å²) in [7, 11) is 1.91. The zero-order chi connectivity index (χ0) is 11.5. The van der Waals surface area contributed by atoms with Gasteiger partial charge in [-0.05, 0) is 30.8 Å². The van der Waals surface area contributed by atoms with Gasteiger partial charge in [0.25, 0.3) is 0 Å². The molecule has 0 amide bonds. The molecule has 1 aromatic carbocycles. The van der Waals surface area contributed by atoms with E-state index in [-0.39, 0.29) is 6.04 Å². The molecular formula is C12H13BrClNO. The number of rotatable bonds is 3. The molecule has 1 aliphatic heterocycles. The second kappa shape index (κ2) is 5.21. The predicted octanol–water partition coefficient (Wildman–Crippen LogP) is 3.67. The molecule has 1 heterocycles. The first-order chi connectivity index (χ1) is 7.72. The minimum atomic E-state index is 0.0445. The molecule has 2 rings (SSSR count).